The molecule has 22 heavy (non-hydrogen) atoms. The Morgan fingerprint density at radius 1 is 1.14 bits per heavy atom. The average Bonchev–Trinajstić information content (AvgIpc) is 3.23. The summed E-state index contributed by atoms with van der Waals surface area (Å²) in [4.78, 5) is 22.2. The van der Waals surface area contributed by atoms with Crippen LogP contribution in [0, 0.1) is 11.8 Å². The molecule has 4 rings (SSSR count). The molecule has 2 aliphatic heterocycles. The molecule has 1 amide bonds. The molecule has 2 atom stereocenters. The van der Waals surface area contributed by atoms with Crippen LogP contribution in [0.5, 0.6) is 0 Å². The van der Waals surface area contributed by atoms with E-state index in [2.05, 4.69) is 16.0 Å². The van der Waals surface area contributed by atoms with E-state index >= 15 is 0 Å². The largest absolute Gasteiger partial charge is 0.337 e. The van der Waals surface area contributed by atoms with Crippen molar-refractivity contribution in [1.29, 1.82) is 0 Å². The van der Waals surface area contributed by atoms with Gasteiger partial charge in [-0.25, -0.2) is 0 Å². The molecule has 2 aromatic heterocycles. The number of rotatable bonds is 3. The van der Waals surface area contributed by atoms with Crippen LogP contribution in [0.1, 0.15) is 15.4 Å². The van der Waals surface area contributed by atoms with Gasteiger partial charge in [0.15, 0.2) is 0 Å². The number of hydrogen-bond acceptors (Lipinski definition) is 4. The normalized spacial score (nSPS) is 24.6. The van der Waals surface area contributed by atoms with Gasteiger partial charge in [0.25, 0.3) is 5.91 Å². The quantitative estimate of drug-likeness (QED) is 0.873. The third kappa shape index (κ3) is 2.66. The summed E-state index contributed by atoms with van der Waals surface area (Å²) in [7, 11) is 0. The van der Waals surface area contributed by atoms with E-state index in [0.29, 0.717) is 11.8 Å². The highest BCUT2D eigenvalue weighted by Gasteiger charge is 2.41. The number of carbonyl (C=O) groups is 1. The molecular weight excluding hydrogens is 294 g/mol. The standard InChI is InChI=1S/C17H19N3OS/c21-17(16-5-3-7-22-16)20-10-13-8-19(9-14(13)11-20)12-15-4-1-2-6-18-15/h1-7,13-14H,8-12H2/t13-,14-/m1/s1. The molecule has 5 heteroatoms. The molecular formula is C17H19N3OS. The first-order valence-electron chi connectivity index (χ1n) is 7.74. The van der Waals surface area contributed by atoms with Crippen LogP contribution in [0.3, 0.4) is 0 Å². The van der Waals surface area contributed by atoms with Gasteiger partial charge in [-0.3, -0.25) is 14.7 Å². The van der Waals surface area contributed by atoms with Gasteiger partial charge < -0.3 is 4.90 Å². The third-order valence-corrected chi connectivity index (χ3v) is 5.55. The second-order valence-corrected chi connectivity index (χ2v) is 7.17. The molecule has 4 nitrogen and oxygen atoms in total. The molecule has 0 bridgehead atoms. The first-order valence-corrected chi connectivity index (χ1v) is 8.62. The van der Waals surface area contributed by atoms with Gasteiger partial charge in [0, 0.05) is 38.9 Å². The van der Waals surface area contributed by atoms with Gasteiger partial charge in [-0.1, -0.05) is 12.1 Å². The van der Waals surface area contributed by atoms with Crippen LogP contribution in [0.15, 0.2) is 41.9 Å². The molecule has 4 heterocycles. The van der Waals surface area contributed by atoms with Gasteiger partial charge in [-0.05, 0) is 35.4 Å². The summed E-state index contributed by atoms with van der Waals surface area (Å²) < 4.78 is 0. The predicted molar refractivity (Wildman–Crippen MR) is 86.7 cm³/mol. The Balaban J connectivity index is 1.36. The summed E-state index contributed by atoms with van der Waals surface area (Å²) >= 11 is 1.54. The molecule has 0 N–H and O–H groups in total. The van der Waals surface area contributed by atoms with Crippen molar-refractivity contribution in [2.75, 3.05) is 26.2 Å². The summed E-state index contributed by atoms with van der Waals surface area (Å²) in [6.07, 6.45) is 1.85. The Bertz CT molecular complexity index is 629. The predicted octanol–water partition coefficient (Wildman–Crippen LogP) is 2.35. The van der Waals surface area contributed by atoms with Crippen molar-refractivity contribution in [3.63, 3.8) is 0 Å². The van der Waals surface area contributed by atoms with E-state index in [4.69, 9.17) is 0 Å². The van der Waals surface area contributed by atoms with Gasteiger partial charge >= 0.3 is 0 Å². The summed E-state index contributed by atoms with van der Waals surface area (Å²) in [5.41, 5.74) is 1.13. The number of fused-ring (bicyclic) bond motifs is 1. The fraction of sp³-hybridized carbons (Fsp3) is 0.412. The van der Waals surface area contributed by atoms with Crippen molar-refractivity contribution >= 4 is 17.2 Å². The first-order chi connectivity index (χ1) is 10.8. The van der Waals surface area contributed by atoms with Crippen LogP contribution in [0.2, 0.25) is 0 Å². The number of hydrogen-bond donors (Lipinski definition) is 0. The van der Waals surface area contributed by atoms with Crippen molar-refractivity contribution in [3.05, 3.63) is 52.5 Å². The van der Waals surface area contributed by atoms with Gasteiger partial charge in [0.05, 0.1) is 10.6 Å². The molecule has 0 saturated carbocycles. The number of thiophene rings is 1. The molecule has 0 spiro atoms. The van der Waals surface area contributed by atoms with Crippen molar-refractivity contribution in [1.82, 2.24) is 14.8 Å². The Labute approximate surface area is 134 Å². The van der Waals surface area contributed by atoms with Gasteiger partial charge in [0.1, 0.15) is 0 Å². The highest BCUT2D eigenvalue weighted by molar-refractivity contribution is 7.12. The van der Waals surface area contributed by atoms with Crippen molar-refractivity contribution in [3.8, 4) is 0 Å². The molecule has 2 aliphatic rings. The maximum absolute atomic E-state index is 12.4. The lowest BCUT2D eigenvalue weighted by atomic mass is 10.0. The second kappa shape index (κ2) is 5.82. The minimum atomic E-state index is 0.209. The van der Waals surface area contributed by atoms with Gasteiger partial charge in [-0.15, -0.1) is 11.3 Å². The molecule has 2 saturated heterocycles. The second-order valence-electron chi connectivity index (χ2n) is 6.22. The topological polar surface area (TPSA) is 36.4 Å². The van der Waals surface area contributed by atoms with E-state index in [-0.39, 0.29) is 5.91 Å². The van der Waals surface area contributed by atoms with Crippen LogP contribution >= 0.6 is 11.3 Å². The molecule has 0 aliphatic carbocycles. The van der Waals surface area contributed by atoms with Crippen molar-refractivity contribution in [2.45, 2.75) is 6.54 Å². The van der Waals surface area contributed by atoms with E-state index in [1.165, 1.54) is 11.3 Å². The van der Waals surface area contributed by atoms with Crippen molar-refractivity contribution < 1.29 is 4.79 Å². The van der Waals surface area contributed by atoms with E-state index in [9.17, 15) is 4.79 Å². The van der Waals surface area contributed by atoms with Gasteiger partial charge in [-0.2, -0.15) is 0 Å². The minimum Gasteiger partial charge on any atom is -0.337 e. The summed E-state index contributed by atoms with van der Waals surface area (Å²) in [5, 5.41) is 1.97. The number of amides is 1. The molecule has 0 aromatic carbocycles. The number of aromatic nitrogens is 1. The van der Waals surface area contributed by atoms with E-state index in [0.717, 1.165) is 43.3 Å². The fourth-order valence-corrected chi connectivity index (χ4v) is 4.35. The number of carbonyl (C=O) groups excluding carboxylic acids is 1. The van der Waals surface area contributed by atoms with E-state index < -0.39 is 0 Å². The monoisotopic (exact) mass is 313 g/mol. The van der Waals surface area contributed by atoms with Crippen LogP contribution < -0.4 is 0 Å². The zero-order valence-electron chi connectivity index (χ0n) is 12.4. The molecule has 114 valence electrons. The number of nitrogens with zero attached hydrogens (tertiary/aromatic N) is 3. The van der Waals surface area contributed by atoms with Gasteiger partial charge in [0.2, 0.25) is 0 Å². The summed E-state index contributed by atoms with van der Waals surface area (Å²) in [6, 6.07) is 9.95. The minimum absolute atomic E-state index is 0.209. The molecule has 2 fully saturated rings. The molecule has 0 unspecified atom stereocenters. The highest BCUT2D eigenvalue weighted by atomic mass is 32.1. The maximum atomic E-state index is 12.4. The Hall–Kier alpha value is -1.72. The average molecular weight is 313 g/mol. The Morgan fingerprint density at radius 3 is 2.59 bits per heavy atom. The Morgan fingerprint density at radius 2 is 1.95 bits per heavy atom. The Kier molecular flexibility index (Phi) is 3.68. The van der Waals surface area contributed by atoms with E-state index in [1.807, 2.05) is 40.7 Å². The number of pyridine rings is 1. The lowest BCUT2D eigenvalue weighted by Crippen LogP contribution is -2.32. The SMILES string of the molecule is O=C(c1cccs1)N1C[C@H]2CN(Cc3ccccn3)C[C@@H]2C1. The maximum Gasteiger partial charge on any atom is 0.263 e. The lowest BCUT2D eigenvalue weighted by molar-refractivity contribution is 0.0778. The van der Waals surface area contributed by atoms with Crippen LogP contribution in [0.25, 0.3) is 0 Å². The van der Waals surface area contributed by atoms with E-state index in [1.54, 1.807) is 0 Å². The first kappa shape index (κ1) is 13.9. The highest BCUT2D eigenvalue weighted by Crippen LogP contribution is 2.32. The fourth-order valence-electron chi connectivity index (χ4n) is 3.66. The van der Waals surface area contributed by atoms with Crippen LogP contribution in [-0.2, 0) is 6.54 Å². The summed E-state index contributed by atoms with van der Waals surface area (Å²) in [6.45, 7) is 4.89. The van der Waals surface area contributed by atoms with Crippen LogP contribution in [-0.4, -0.2) is 46.9 Å². The zero-order chi connectivity index (χ0) is 14.9. The van der Waals surface area contributed by atoms with Crippen molar-refractivity contribution in [2.24, 2.45) is 11.8 Å². The smallest absolute Gasteiger partial charge is 0.263 e. The third-order valence-electron chi connectivity index (χ3n) is 4.69. The molecule has 2 aromatic rings. The molecule has 0 radical (unpaired) electrons. The van der Waals surface area contributed by atoms with Crippen LogP contribution in [0.4, 0.5) is 0 Å². The zero-order valence-corrected chi connectivity index (χ0v) is 13.2. The lowest BCUT2D eigenvalue weighted by Gasteiger charge is -2.21. The summed E-state index contributed by atoms with van der Waals surface area (Å²) in [5.74, 6) is 1.45. The number of likely N-dealkylation sites (tertiary alicyclic amines) is 2.